The smallest absolute Gasteiger partial charge is 0.337 e. The Kier molecular flexibility index (Phi) is 3.67. The number of benzene rings is 2. The van der Waals surface area contributed by atoms with Crippen molar-refractivity contribution in [3.8, 4) is 0 Å². The van der Waals surface area contributed by atoms with Gasteiger partial charge in [-0.25, -0.2) is 4.79 Å². The Morgan fingerprint density at radius 2 is 1.90 bits per heavy atom. The average Bonchev–Trinajstić information content (AvgIpc) is 2.89. The van der Waals surface area contributed by atoms with Gasteiger partial charge >= 0.3 is 5.97 Å². The highest BCUT2D eigenvalue weighted by atomic mass is 35.5. The SMILES string of the molecule is COC(=O)c1ccc(Cn2ccc3cc(Cl)ccc32)cc1. The van der Waals surface area contributed by atoms with Gasteiger partial charge in [-0.2, -0.15) is 0 Å². The van der Waals surface area contributed by atoms with Gasteiger partial charge in [0.2, 0.25) is 0 Å². The van der Waals surface area contributed by atoms with E-state index in [1.807, 2.05) is 42.6 Å². The molecule has 21 heavy (non-hydrogen) atoms. The minimum Gasteiger partial charge on any atom is -0.465 e. The first-order chi connectivity index (χ1) is 10.2. The topological polar surface area (TPSA) is 31.2 Å². The number of aromatic nitrogens is 1. The van der Waals surface area contributed by atoms with E-state index in [0.717, 1.165) is 28.0 Å². The third-order valence-electron chi connectivity index (χ3n) is 3.46. The predicted molar refractivity (Wildman–Crippen MR) is 83.8 cm³/mol. The molecule has 3 nitrogen and oxygen atoms in total. The average molecular weight is 300 g/mol. The van der Waals surface area contributed by atoms with Crippen molar-refractivity contribution in [2.45, 2.75) is 6.54 Å². The van der Waals surface area contributed by atoms with Gasteiger partial charge in [0.1, 0.15) is 0 Å². The zero-order chi connectivity index (χ0) is 14.8. The first-order valence-corrected chi connectivity index (χ1v) is 6.97. The van der Waals surface area contributed by atoms with E-state index in [4.69, 9.17) is 16.3 Å². The molecular formula is C17H14ClNO2. The highest BCUT2D eigenvalue weighted by Gasteiger charge is 2.06. The summed E-state index contributed by atoms with van der Waals surface area (Å²) in [6.45, 7) is 0.743. The zero-order valence-electron chi connectivity index (χ0n) is 11.5. The molecule has 0 fully saturated rings. The fourth-order valence-electron chi connectivity index (χ4n) is 2.37. The number of ether oxygens (including phenoxy) is 1. The Labute approximate surface area is 127 Å². The highest BCUT2D eigenvalue weighted by molar-refractivity contribution is 6.31. The van der Waals surface area contributed by atoms with Gasteiger partial charge in [-0.05, 0) is 42.0 Å². The van der Waals surface area contributed by atoms with Gasteiger partial charge in [0.05, 0.1) is 12.7 Å². The summed E-state index contributed by atoms with van der Waals surface area (Å²) in [4.78, 5) is 11.4. The normalized spacial score (nSPS) is 10.8. The molecule has 0 unspecified atom stereocenters. The fourth-order valence-corrected chi connectivity index (χ4v) is 2.55. The molecule has 0 atom stereocenters. The second kappa shape index (κ2) is 5.62. The first-order valence-electron chi connectivity index (χ1n) is 6.59. The molecule has 106 valence electrons. The summed E-state index contributed by atoms with van der Waals surface area (Å²) in [7, 11) is 1.38. The molecule has 2 aromatic carbocycles. The molecule has 0 N–H and O–H groups in total. The summed E-state index contributed by atoms with van der Waals surface area (Å²) in [6.07, 6.45) is 2.04. The molecule has 0 spiro atoms. The van der Waals surface area contributed by atoms with Gasteiger partial charge in [0.15, 0.2) is 0 Å². The summed E-state index contributed by atoms with van der Waals surface area (Å²) in [6, 6.07) is 15.3. The van der Waals surface area contributed by atoms with Gasteiger partial charge in [0.25, 0.3) is 0 Å². The maximum atomic E-state index is 11.4. The fraction of sp³-hybridized carbons (Fsp3) is 0.118. The number of esters is 1. The van der Waals surface area contributed by atoms with E-state index in [2.05, 4.69) is 4.57 Å². The molecule has 3 aromatic rings. The number of methoxy groups -OCH3 is 1. The third-order valence-corrected chi connectivity index (χ3v) is 3.70. The molecule has 0 bridgehead atoms. The summed E-state index contributed by atoms with van der Waals surface area (Å²) < 4.78 is 6.85. The minimum atomic E-state index is -0.317. The molecule has 0 aliphatic heterocycles. The lowest BCUT2D eigenvalue weighted by Crippen LogP contribution is -2.02. The Hall–Kier alpha value is -2.26. The second-order valence-electron chi connectivity index (χ2n) is 4.84. The van der Waals surface area contributed by atoms with E-state index < -0.39 is 0 Å². The van der Waals surface area contributed by atoms with E-state index >= 15 is 0 Å². The summed E-state index contributed by atoms with van der Waals surface area (Å²) in [5.74, 6) is -0.317. The van der Waals surface area contributed by atoms with E-state index in [9.17, 15) is 4.79 Å². The van der Waals surface area contributed by atoms with Crippen LogP contribution in [0.1, 0.15) is 15.9 Å². The van der Waals surface area contributed by atoms with Crippen molar-refractivity contribution < 1.29 is 9.53 Å². The van der Waals surface area contributed by atoms with E-state index in [0.29, 0.717) is 5.56 Å². The maximum absolute atomic E-state index is 11.4. The largest absolute Gasteiger partial charge is 0.465 e. The molecule has 0 aliphatic rings. The quantitative estimate of drug-likeness (QED) is 0.681. The summed E-state index contributed by atoms with van der Waals surface area (Å²) in [5.41, 5.74) is 2.82. The number of fused-ring (bicyclic) bond motifs is 1. The van der Waals surface area contributed by atoms with Crippen LogP contribution in [-0.4, -0.2) is 17.6 Å². The number of rotatable bonds is 3. The van der Waals surface area contributed by atoms with Crippen molar-refractivity contribution in [2.24, 2.45) is 0 Å². The van der Waals surface area contributed by atoms with E-state index in [1.54, 1.807) is 12.1 Å². The molecular weight excluding hydrogens is 286 g/mol. The third kappa shape index (κ3) is 2.78. The highest BCUT2D eigenvalue weighted by Crippen LogP contribution is 2.21. The lowest BCUT2D eigenvalue weighted by Gasteiger charge is -2.07. The molecule has 0 radical (unpaired) electrons. The molecule has 0 saturated heterocycles. The lowest BCUT2D eigenvalue weighted by atomic mass is 10.1. The van der Waals surface area contributed by atoms with Crippen LogP contribution in [0.15, 0.2) is 54.7 Å². The molecule has 3 rings (SSSR count). The lowest BCUT2D eigenvalue weighted by molar-refractivity contribution is 0.0600. The number of hydrogen-bond donors (Lipinski definition) is 0. The van der Waals surface area contributed by atoms with Gasteiger partial charge < -0.3 is 9.30 Å². The number of hydrogen-bond acceptors (Lipinski definition) is 2. The van der Waals surface area contributed by atoms with Crippen molar-refractivity contribution in [2.75, 3.05) is 7.11 Å². The van der Waals surface area contributed by atoms with E-state index in [-0.39, 0.29) is 5.97 Å². The van der Waals surface area contributed by atoms with Crippen LogP contribution in [0.3, 0.4) is 0 Å². The van der Waals surface area contributed by atoms with Crippen molar-refractivity contribution in [3.63, 3.8) is 0 Å². The van der Waals surface area contributed by atoms with Crippen molar-refractivity contribution in [3.05, 3.63) is 70.9 Å². The van der Waals surface area contributed by atoms with Crippen LogP contribution in [0.25, 0.3) is 10.9 Å². The maximum Gasteiger partial charge on any atom is 0.337 e. The summed E-state index contributed by atoms with van der Waals surface area (Å²) in [5, 5.41) is 1.86. The Balaban J connectivity index is 1.86. The van der Waals surface area contributed by atoms with Crippen LogP contribution >= 0.6 is 11.6 Å². The Morgan fingerprint density at radius 3 is 2.62 bits per heavy atom. The molecule has 0 amide bonds. The van der Waals surface area contributed by atoms with Gasteiger partial charge in [-0.15, -0.1) is 0 Å². The molecule has 1 heterocycles. The van der Waals surface area contributed by atoms with Crippen molar-refractivity contribution >= 4 is 28.5 Å². The van der Waals surface area contributed by atoms with Crippen LogP contribution < -0.4 is 0 Å². The minimum absolute atomic E-state index is 0.317. The Bertz CT molecular complexity index is 790. The van der Waals surface area contributed by atoms with Gasteiger partial charge in [-0.1, -0.05) is 23.7 Å². The predicted octanol–water partition coefficient (Wildman–Crippen LogP) is 4.13. The molecule has 0 aliphatic carbocycles. The zero-order valence-corrected chi connectivity index (χ0v) is 12.3. The van der Waals surface area contributed by atoms with Crippen LogP contribution in [-0.2, 0) is 11.3 Å². The Morgan fingerprint density at radius 1 is 1.14 bits per heavy atom. The van der Waals surface area contributed by atoms with Crippen LogP contribution in [0.2, 0.25) is 5.02 Å². The number of halogens is 1. The standard InChI is InChI=1S/C17H14ClNO2/c1-21-17(20)13-4-2-12(3-5-13)11-19-9-8-14-10-15(18)6-7-16(14)19/h2-10H,11H2,1H3. The van der Waals surface area contributed by atoms with Crippen LogP contribution in [0.5, 0.6) is 0 Å². The van der Waals surface area contributed by atoms with Gasteiger partial charge in [0, 0.05) is 28.7 Å². The first kappa shape index (κ1) is 13.7. The number of nitrogens with zero attached hydrogens (tertiary/aromatic N) is 1. The van der Waals surface area contributed by atoms with E-state index in [1.165, 1.54) is 7.11 Å². The van der Waals surface area contributed by atoms with Gasteiger partial charge in [-0.3, -0.25) is 0 Å². The summed E-state index contributed by atoms with van der Waals surface area (Å²) >= 11 is 6.00. The molecule has 1 aromatic heterocycles. The second-order valence-corrected chi connectivity index (χ2v) is 5.27. The van der Waals surface area contributed by atoms with Crippen LogP contribution in [0.4, 0.5) is 0 Å². The number of carbonyl (C=O) groups excluding carboxylic acids is 1. The molecule has 0 saturated carbocycles. The monoisotopic (exact) mass is 299 g/mol. The van der Waals surface area contributed by atoms with Crippen LogP contribution in [0, 0.1) is 0 Å². The molecule has 4 heteroatoms. The number of carbonyl (C=O) groups is 1. The van der Waals surface area contributed by atoms with Crippen molar-refractivity contribution in [1.82, 2.24) is 4.57 Å². The van der Waals surface area contributed by atoms with Crippen molar-refractivity contribution in [1.29, 1.82) is 0 Å².